The molecule has 4 aromatic carbocycles. The monoisotopic (exact) mass is 908 g/mol. The summed E-state index contributed by atoms with van der Waals surface area (Å²) in [6.45, 7) is 15.7. The molecule has 0 heterocycles. The maximum atomic E-state index is 10.3. The van der Waals surface area contributed by atoms with Crippen LogP contribution >= 0.6 is 0 Å². The van der Waals surface area contributed by atoms with Crippen molar-refractivity contribution in [2.45, 2.75) is 131 Å². The fourth-order valence-corrected chi connectivity index (χ4v) is 7.95. The van der Waals surface area contributed by atoms with Crippen LogP contribution < -0.4 is 0 Å². The predicted molar refractivity (Wildman–Crippen MR) is 249 cm³/mol. The second-order valence-corrected chi connectivity index (χ2v) is 16.0. The van der Waals surface area contributed by atoms with E-state index in [2.05, 4.69) is 0 Å². The smallest absolute Gasteiger partial charge is 0.127 e. The van der Waals surface area contributed by atoms with E-state index in [-0.39, 0.29) is 79.2 Å². The molecule has 332 valence electrons. The molecule has 2 unspecified atom stereocenters. The molecule has 2 aliphatic rings. The second-order valence-electron chi connectivity index (χ2n) is 16.0. The molecule has 0 amide bonds. The van der Waals surface area contributed by atoms with Gasteiger partial charge in [-0.05, 0) is 150 Å². The maximum absolute atomic E-state index is 10.3. The summed E-state index contributed by atoms with van der Waals surface area (Å²) in [5.74, 6) is 1.19. The molecule has 0 saturated heterocycles. The summed E-state index contributed by atoms with van der Waals surface area (Å²) in [7, 11) is 0. The van der Waals surface area contributed by atoms with Gasteiger partial charge in [-0.25, -0.2) is 0 Å². The van der Waals surface area contributed by atoms with Gasteiger partial charge < -0.3 is 40.8 Å². The van der Waals surface area contributed by atoms with E-state index in [1.54, 1.807) is 24.9 Å². The molecule has 6 N–H and O–H groups in total. The third-order valence-electron chi connectivity index (χ3n) is 10.9. The molecule has 61 heavy (non-hydrogen) atoms. The number of nitrogens with zero attached hydrogens (tertiary/aromatic N) is 4. The van der Waals surface area contributed by atoms with Crippen molar-refractivity contribution in [3.63, 3.8) is 0 Å². The molecule has 4 aromatic rings. The quantitative estimate of drug-likeness (QED) is 0.102. The normalized spacial score (nSPS) is 18.6. The third kappa shape index (κ3) is 15.6. The third-order valence-corrected chi connectivity index (χ3v) is 10.9. The van der Waals surface area contributed by atoms with Crippen LogP contribution in [0.1, 0.15) is 118 Å². The van der Waals surface area contributed by atoms with Crippen molar-refractivity contribution in [1.29, 1.82) is 0 Å². The second kappa shape index (κ2) is 26.3. The van der Waals surface area contributed by atoms with Gasteiger partial charge in [-0.3, -0.25) is 20.0 Å². The first-order valence-electron chi connectivity index (χ1n) is 20.0. The van der Waals surface area contributed by atoms with Crippen LogP contribution in [0.5, 0.6) is 23.0 Å². The van der Waals surface area contributed by atoms with E-state index in [1.807, 2.05) is 104 Å². The average Bonchev–Trinajstić information content (AvgIpc) is 3.16. The molecule has 0 aromatic heterocycles. The number of benzene rings is 4. The average molecular weight is 909 g/mol. The zero-order valence-electron chi connectivity index (χ0n) is 37.8. The number of aromatic hydroxyl groups is 4. The Morgan fingerprint density at radius 2 is 0.557 bits per heavy atom. The Balaban J connectivity index is 0.00000109. The van der Waals surface area contributed by atoms with Crippen LogP contribution in [-0.4, -0.2) is 74.9 Å². The number of rotatable bonds is 8. The molecule has 2 saturated carbocycles. The molecule has 0 bridgehead atoms. The number of phenols is 4. The zero-order chi connectivity index (χ0) is 40.5. The Morgan fingerprint density at radius 3 is 0.738 bits per heavy atom. The van der Waals surface area contributed by atoms with Gasteiger partial charge in [-0.1, -0.05) is 49.9 Å². The van der Waals surface area contributed by atoms with E-state index >= 15 is 0 Å². The van der Waals surface area contributed by atoms with Gasteiger partial charge in [0.05, 0.1) is 24.2 Å². The number of hydrogen-bond acceptors (Lipinski definition) is 8. The van der Waals surface area contributed by atoms with Crippen molar-refractivity contribution in [3.8, 4) is 23.0 Å². The van der Waals surface area contributed by atoms with Crippen molar-refractivity contribution in [1.82, 2.24) is 0 Å². The van der Waals surface area contributed by atoms with Crippen LogP contribution in [0.3, 0.4) is 0 Å². The number of aliphatic imine (C=N–C) groups is 4. The van der Waals surface area contributed by atoms with Crippen molar-refractivity contribution in [2.24, 2.45) is 20.0 Å². The Hall–Kier alpha value is -4.22. The molecule has 9 nitrogen and oxygen atoms in total. The van der Waals surface area contributed by atoms with E-state index in [1.165, 1.54) is 0 Å². The molecule has 0 radical (unpaired) electrons. The van der Waals surface area contributed by atoms with Gasteiger partial charge in [0.25, 0.3) is 0 Å². The summed E-state index contributed by atoms with van der Waals surface area (Å²) in [5, 5.41) is 41.2. The predicted octanol–water partition coefficient (Wildman–Crippen LogP) is 10.4. The van der Waals surface area contributed by atoms with Gasteiger partial charge in [-0.2, -0.15) is 0 Å². The van der Waals surface area contributed by atoms with Gasteiger partial charge in [0.15, 0.2) is 0 Å². The number of aryl methyl sites for hydroxylation is 8. The standard InChI is InChI=1S/2C24H30N2O2.2CH3.2Cr.H2O/c2*1-15-9-17(3)23(27)19(11-15)13-25-21-7-5-6-8-22(21)26-14-20-12-16(2)10-18(4)24(20)28;;;;;/h2*9-14,21-22,27-28H,5-8H2,1-4H3;2*1H3;;;1H2/q;;2*-1;;;/t2*21-,22?;;;;;/m11...../s1. The van der Waals surface area contributed by atoms with E-state index in [0.29, 0.717) is 23.0 Å². The van der Waals surface area contributed by atoms with Gasteiger partial charge in [0, 0.05) is 81.8 Å². The largest absolute Gasteiger partial charge is 0.507 e. The van der Waals surface area contributed by atoms with Gasteiger partial charge in [0.1, 0.15) is 23.0 Å². The minimum absolute atomic E-state index is 0. The van der Waals surface area contributed by atoms with Crippen LogP contribution in [-0.2, 0) is 34.7 Å². The molecule has 0 aliphatic heterocycles. The van der Waals surface area contributed by atoms with Crippen molar-refractivity contribution < 1.29 is 60.6 Å². The van der Waals surface area contributed by atoms with Crippen molar-refractivity contribution in [3.05, 3.63) is 130 Å². The Labute approximate surface area is 387 Å². The molecule has 4 atom stereocenters. The van der Waals surface area contributed by atoms with E-state index in [0.717, 1.165) is 118 Å². The summed E-state index contributed by atoms with van der Waals surface area (Å²) in [5.41, 5.74) is 11.0. The van der Waals surface area contributed by atoms with E-state index in [9.17, 15) is 20.4 Å². The fraction of sp³-hybridized carbons (Fsp3) is 0.400. The number of phenolic OH excluding ortho intramolecular Hbond substituents is 4. The van der Waals surface area contributed by atoms with Crippen LogP contribution in [0.15, 0.2) is 68.5 Å². The minimum atomic E-state index is 0. The summed E-state index contributed by atoms with van der Waals surface area (Å²) in [6, 6.07) is 16.1. The summed E-state index contributed by atoms with van der Waals surface area (Å²) in [6.07, 6.45) is 15.7. The van der Waals surface area contributed by atoms with Gasteiger partial charge in [-0.15, -0.1) is 0 Å². The number of hydrogen-bond donors (Lipinski definition) is 4. The topological polar surface area (TPSA) is 162 Å². The first-order valence-corrected chi connectivity index (χ1v) is 20.0. The van der Waals surface area contributed by atoms with Crippen LogP contribution in [0, 0.1) is 70.2 Å². The molecular formula is C50H68Cr2N4O5-2. The van der Waals surface area contributed by atoms with E-state index in [4.69, 9.17) is 20.0 Å². The van der Waals surface area contributed by atoms with Crippen molar-refractivity contribution >= 4 is 24.9 Å². The molecule has 2 aliphatic carbocycles. The molecule has 6 rings (SSSR count). The first-order chi connectivity index (χ1) is 26.7. The summed E-state index contributed by atoms with van der Waals surface area (Å²) < 4.78 is 0. The Morgan fingerprint density at radius 1 is 0.377 bits per heavy atom. The van der Waals surface area contributed by atoms with Gasteiger partial charge >= 0.3 is 0 Å². The first kappa shape index (κ1) is 56.8. The van der Waals surface area contributed by atoms with E-state index < -0.39 is 0 Å². The minimum Gasteiger partial charge on any atom is -0.507 e. The van der Waals surface area contributed by atoms with Crippen LogP contribution in [0.4, 0.5) is 0 Å². The fourth-order valence-electron chi connectivity index (χ4n) is 7.95. The molecular weight excluding hydrogens is 841 g/mol. The van der Waals surface area contributed by atoms with Gasteiger partial charge in [0.2, 0.25) is 0 Å². The van der Waals surface area contributed by atoms with Crippen LogP contribution in [0.25, 0.3) is 0 Å². The molecule has 11 heteroatoms. The molecule has 2 fully saturated rings. The summed E-state index contributed by atoms with van der Waals surface area (Å²) >= 11 is 0. The Bertz CT molecular complexity index is 1850. The maximum Gasteiger partial charge on any atom is 0.127 e. The zero-order valence-corrected chi connectivity index (χ0v) is 40.3. The van der Waals surface area contributed by atoms with Crippen LogP contribution in [0.2, 0.25) is 0 Å². The SMILES string of the molecule is Cc1cc(C)c(O)c(C=NC2CCCC[C@H]2N=Cc2cc(C)cc(C)c2O)c1.Cc1cc(C)c(O)c(C=NC2CCCC[C@H]2N=Cc2cc(C)cc(C)c2O)c1.O.[CH3-].[CH3-].[Cr].[Cr]. The summed E-state index contributed by atoms with van der Waals surface area (Å²) in [4.78, 5) is 19.1. The molecule has 0 spiro atoms. The van der Waals surface area contributed by atoms with Crippen molar-refractivity contribution in [2.75, 3.05) is 0 Å². The Kier molecular flexibility index (Phi) is 24.5.